The van der Waals surface area contributed by atoms with Crippen LogP contribution < -0.4 is 10.4 Å². The number of rotatable bonds is 1. The fourth-order valence-corrected chi connectivity index (χ4v) is 3.74. The Bertz CT molecular complexity index is 858. The molecule has 1 aromatic rings. The zero-order chi connectivity index (χ0) is 14.4. The van der Waals surface area contributed by atoms with Crippen molar-refractivity contribution in [3.8, 4) is 0 Å². The van der Waals surface area contributed by atoms with Crippen LogP contribution >= 0.6 is 11.8 Å². The molecule has 2 aliphatic heterocycles. The molecule has 4 heteroatoms. The molecule has 1 atom stereocenters. The number of thioether (sulfide) groups is 1. The van der Waals surface area contributed by atoms with Gasteiger partial charge in [0.1, 0.15) is 6.10 Å². The Kier molecular flexibility index (Phi) is 2.87. The highest BCUT2D eigenvalue weighted by Gasteiger charge is 2.29. The molecule has 2 heterocycles. The molecule has 4 rings (SSSR count). The highest BCUT2D eigenvalue weighted by molar-refractivity contribution is 8.07. The second-order valence-electron chi connectivity index (χ2n) is 5.09. The summed E-state index contributed by atoms with van der Waals surface area (Å²) in [7, 11) is 0. The van der Waals surface area contributed by atoms with E-state index in [0.29, 0.717) is 11.5 Å². The number of aliphatic carboxylic acids is 1. The van der Waals surface area contributed by atoms with E-state index in [1.54, 1.807) is 6.08 Å². The lowest BCUT2D eigenvalue weighted by molar-refractivity contribution is -0.131. The molecule has 0 fully saturated rings. The van der Waals surface area contributed by atoms with Gasteiger partial charge in [-0.15, -0.1) is 0 Å². The lowest BCUT2D eigenvalue weighted by Crippen LogP contribution is -2.35. The predicted octanol–water partition coefficient (Wildman–Crippen LogP) is 1.56. The molecule has 104 valence electrons. The highest BCUT2D eigenvalue weighted by Crippen LogP contribution is 2.42. The number of carboxylic acid groups (broad SMARTS) is 1. The van der Waals surface area contributed by atoms with Gasteiger partial charge in [0.25, 0.3) is 0 Å². The third-order valence-corrected chi connectivity index (χ3v) is 5.01. The van der Waals surface area contributed by atoms with Crippen LogP contribution in [0.1, 0.15) is 0 Å². The van der Waals surface area contributed by atoms with Crippen LogP contribution in [0.5, 0.6) is 0 Å². The van der Waals surface area contributed by atoms with Crippen LogP contribution in [0.25, 0.3) is 12.2 Å². The summed E-state index contributed by atoms with van der Waals surface area (Å²) in [5, 5.41) is 11.5. The second kappa shape index (κ2) is 4.76. The standard InChI is InChI=1S/C17H12O3S/c18-17(19)15-6-5-12-9-20-14-8-11-4-2-1-3-10(11)7-13(14)16(12)21-15/h1-8,14H,9H2,(H,18,19). The molecule has 0 radical (unpaired) electrons. The van der Waals surface area contributed by atoms with Crippen LogP contribution in [0.2, 0.25) is 0 Å². The maximum atomic E-state index is 11.2. The normalized spacial score (nSPS) is 22.8. The molecular formula is C17H12O3S. The van der Waals surface area contributed by atoms with Gasteiger partial charge in [-0.05, 0) is 39.8 Å². The first-order valence-electron chi connectivity index (χ1n) is 6.69. The minimum atomic E-state index is -0.883. The van der Waals surface area contributed by atoms with Gasteiger partial charge in [-0.2, -0.15) is 0 Å². The number of carboxylic acids is 1. The van der Waals surface area contributed by atoms with E-state index in [2.05, 4.69) is 24.3 Å². The van der Waals surface area contributed by atoms with Crippen LogP contribution in [0.15, 0.2) is 57.4 Å². The number of hydrogen-bond acceptors (Lipinski definition) is 3. The molecule has 3 nitrogen and oxygen atoms in total. The number of ether oxygens (including phenoxy) is 1. The van der Waals surface area contributed by atoms with Gasteiger partial charge in [-0.1, -0.05) is 42.1 Å². The summed E-state index contributed by atoms with van der Waals surface area (Å²) in [5.41, 5.74) is 2.11. The van der Waals surface area contributed by atoms with Gasteiger partial charge in [0.05, 0.1) is 11.5 Å². The zero-order valence-electron chi connectivity index (χ0n) is 11.1. The Balaban J connectivity index is 1.91. The Hall–Kier alpha value is -2.04. The topological polar surface area (TPSA) is 46.5 Å². The molecule has 3 aliphatic rings. The number of allylic oxidation sites excluding steroid dienone is 2. The summed E-state index contributed by atoms with van der Waals surface area (Å²) in [6.07, 6.45) is 7.63. The average molecular weight is 296 g/mol. The largest absolute Gasteiger partial charge is 0.477 e. The molecule has 0 aromatic heterocycles. The summed E-state index contributed by atoms with van der Waals surface area (Å²) < 4.78 is 5.90. The van der Waals surface area contributed by atoms with Gasteiger partial charge < -0.3 is 9.84 Å². The van der Waals surface area contributed by atoms with Crippen LogP contribution in [-0.2, 0) is 9.53 Å². The van der Waals surface area contributed by atoms with Crippen molar-refractivity contribution in [2.24, 2.45) is 0 Å². The molecule has 1 N–H and O–H groups in total. The SMILES string of the molecule is O=C(O)C1=CC=C2COC3C=c4ccccc4=CC3=C2S1. The second-order valence-corrected chi connectivity index (χ2v) is 6.14. The third-order valence-electron chi connectivity index (χ3n) is 3.78. The molecule has 21 heavy (non-hydrogen) atoms. The summed E-state index contributed by atoms with van der Waals surface area (Å²) >= 11 is 1.33. The summed E-state index contributed by atoms with van der Waals surface area (Å²) in [4.78, 5) is 12.6. The van der Waals surface area contributed by atoms with Crippen LogP contribution in [0, 0.1) is 0 Å². The number of hydrogen-bond donors (Lipinski definition) is 1. The van der Waals surface area contributed by atoms with Gasteiger partial charge in [0, 0.05) is 4.91 Å². The average Bonchev–Trinajstić information content (AvgIpc) is 2.52. The zero-order valence-corrected chi connectivity index (χ0v) is 11.9. The van der Waals surface area contributed by atoms with E-state index in [-0.39, 0.29) is 6.10 Å². The van der Waals surface area contributed by atoms with Gasteiger partial charge in [-0.3, -0.25) is 0 Å². The van der Waals surface area contributed by atoms with Gasteiger partial charge in [-0.25, -0.2) is 4.79 Å². The Labute approximate surface area is 125 Å². The van der Waals surface area contributed by atoms with Crippen molar-refractivity contribution in [1.82, 2.24) is 0 Å². The lowest BCUT2D eigenvalue weighted by Gasteiger charge is -2.30. The number of fused-ring (bicyclic) bond motifs is 3. The predicted molar refractivity (Wildman–Crippen MR) is 82.8 cm³/mol. The van der Waals surface area contributed by atoms with E-state index in [1.165, 1.54) is 11.8 Å². The van der Waals surface area contributed by atoms with E-state index in [4.69, 9.17) is 4.74 Å². The van der Waals surface area contributed by atoms with Crippen LogP contribution in [0.4, 0.5) is 0 Å². The van der Waals surface area contributed by atoms with Crippen molar-refractivity contribution in [3.05, 3.63) is 67.8 Å². The third kappa shape index (κ3) is 2.07. The molecule has 0 amide bonds. The minimum absolute atomic E-state index is 0.0901. The number of benzene rings is 1. The molecule has 1 aliphatic carbocycles. The molecule has 0 saturated heterocycles. The van der Waals surface area contributed by atoms with Crippen molar-refractivity contribution in [2.75, 3.05) is 6.61 Å². The van der Waals surface area contributed by atoms with Crippen LogP contribution in [0.3, 0.4) is 0 Å². The van der Waals surface area contributed by atoms with E-state index in [0.717, 1.165) is 26.5 Å². The monoisotopic (exact) mass is 296 g/mol. The fourth-order valence-electron chi connectivity index (χ4n) is 2.74. The van der Waals surface area contributed by atoms with Crippen molar-refractivity contribution in [2.45, 2.75) is 6.10 Å². The van der Waals surface area contributed by atoms with Crippen LogP contribution in [-0.4, -0.2) is 23.8 Å². The molecule has 0 bridgehead atoms. The summed E-state index contributed by atoms with van der Waals surface area (Å²) in [5.74, 6) is -0.883. The van der Waals surface area contributed by atoms with Crippen molar-refractivity contribution in [1.29, 1.82) is 0 Å². The first kappa shape index (κ1) is 12.7. The lowest BCUT2D eigenvalue weighted by atomic mass is 9.95. The maximum Gasteiger partial charge on any atom is 0.342 e. The minimum Gasteiger partial charge on any atom is -0.477 e. The van der Waals surface area contributed by atoms with E-state index >= 15 is 0 Å². The molecule has 0 saturated carbocycles. The summed E-state index contributed by atoms with van der Waals surface area (Å²) in [6.45, 7) is 0.520. The quantitative estimate of drug-likeness (QED) is 0.854. The fraction of sp³-hybridized carbons (Fsp3) is 0.118. The van der Waals surface area contributed by atoms with Gasteiger partial charge in [0.15, 0.2) is 0 Å². The van der Waals surface area contributed by atoms with Gasteiger partial charge >= 0.3 is 5.97 Å². The smallest absolute Gasteiger partial charge is 0.342 e. The first-order chi connectivity index (χ1) is 10.2. The molecule has 0 spiro atoms. The van der Waals surface area contributed by atoms with Crippen molar-refractivity contribution >= 4 is 29.9 Å². The highest BCUT2D eigenvalue weighted by atomic mass is 32.2. The summed E-state index contributed by atoms with van der Waals surface area (Å²) in [6, 6.07) is 8.15. The van der Waals surface area contributed by atoms with Crippen molar-refractivity contribution < 1.29 is 14.6 Å². The van der Waals surface area contributed by atoms with Gasteiger partial charge in [0.2, 0.25) is 0 Å². The van der Waals surface area contributed by atoms with E-state index in [9.17, 15) is 9.90 Å². The molecule has 1 aromatic carbocycles. The Morgan fingerprint density at radius 2 is 2.05 bits per heavy atom. The number of carbonyl (C=O) groups is 1. The molecular weight excluding hydrogens is 284 g/mol. The van der Waals surface area contributed by atoms with E-state index in [1.807, 2.05) is 18.2 Å². The van der Waals surface area contributed by atoms with Crippen molar-refractivity contribution in [3.63, 3.8) is 0 Å². The van der Waals surface area contributed by atoms with E-state index < -0.39 is 5.97 Å². The molecule has 1 unspecified atom stereocenters. The maximum absolute atomic E-state index is 11.2. The Morgan fingerprint density at radius 1 is 1.24 bits per heavy atom. The Morgan fingerprint density at radius 3 is 2.86 bits per heavy atom. The first-order valence-corrected chi connectivity index (χ1v) is 7.51.